The fourth-order valence-electron chi connectivity index (χ4n) is 1.71. The van der Waals surface area contributed by atoms with E-state index in [-0.39, 0.29) is 0 Å². The minimum atomic E-state index is 0.628. The maximum Gasteiger partial charge on any atom is 0.153 e. The smallest absolute Gasteiger partial charge is 0.153 e. The van der Waals surface area contributed by atoms with Gasteiger partial charge in [0.1, 0.15) is 22.8 Å². The van der Waals surface area contributed by atoms with Crippen molar-refractivity contribution in [3.05, 3.63) is 35.9 Å². The Kier molecular flexibility index (Phi) is 1.97. The predicted octanol–water partition coefficient (Wildman–Crippen LogP) is 2.88. The maximum absolute atomic E-state index is 6.05. The van der Waals surface area contributed by atoms with Gasteiger partial charge < -0.3 is 8.98 Å². The summed E-state index contributed by atoms with van der Waals surface area (Å²) in [5.41, 5.74) is 1.56. The van der Waals surface area contributed by atoms with Crippen LogP contribution in [-0.2, 0) is 7.05 Å². The average Bonchev–Trinajstić information content (AvgIpc) is 2.89. The molecule has 0 aliphatic heterocycles. The number of furan rings is 1. The molecule has 0 fully saturated rings. The molecule has 0 radical (unpaired) electrons. The topological polar surface area (TPSA) is 43.9 Å². The van der Waals surface area contributed by atoms with Gasteiger partial charge in [0.05, 0.1) is 11.6 Å². The van der Waals surface area contributed by atoms with Crippen molar-refractivity contribution in [3.8, 4) is 11.5 Å². The molecule has 0 saturated heterocycles. The molecule has 3 aromatic heterocycles. The van der Waals surface area contributed by atoms with Gasteiger partial charge in [0, 0.05) is 7.05 Å². The van der Waals surface area contributed by atoms with Crippen LogP contribution < -0.4 is 0 Å². The highest BCUT2D eigenvalue weighted by Gasteiger charge is 2.13. The Morgan fingerprint density at radius 2 is 2.25 bits per heavy atom. The summed E-state index contributed by atoms with van der Waals surface area (Å²) in [6, 6.07) is 5.53. The van der Waals surface area contributed by atoms with E-state index in [4.69, 9.17) is 16.0 Å². The second kappa shape index (κ2) is 3.35. The van der Waals surface area contributed by atoms with Gasteiger partial charge in [0.15, 0.2) is 5.76 Å². The third-order valence-corrected chi connectivity index (χ3v) is 2.88. The highest BCUT2D eigenvalue weighted by molar-refractivity contribution is 6.31. The van der Waals surface area contributed by atoms with Crippen LogP contribution in [0.5, 0.6) is 0 Å². The molecule has 0 bridgehead atoms. The fraction of sp³-hybridized carbons (Fsp3) is 0.0909. The third-order valence-electron chi connectivity index (χ3n) is 2.52. The van der Waals surface area contributed by atoms with E-state index < -0.39 is 0 Å². The van der Waals surface area contributed by atoms with Crippen LogP contribution in [0.15, 0.2) is 35.2 Å². The lowest BCUT2D eigenvalue weighted by Crippen LogP contribution is -1.91. The molecule has 16 heavy (non-hydrogen) atoms. The number of hydrogen-bond donors (Lipinski definition) is 0. The van der Waals surface area contributed by atoms with Crippen molar-refractivity contribution >= 4 is 22.6 Å². The zero-order valence-corrected chi connectivity index (χ0v) is 9.27. The average molecular weight is 234 g/mol. The zero-order chi connectivity index (χ0) is 11.1. The van der Waals surface area contributed by atoms with Gasteiger partial charge in [-0.15, -0.1) is 0 Å². The number of nitrogens with zero attached hydrogens (tertiary/aromatic N) is 3. The van der Waals surface area contributed by atoms with Crippen molar-refractivity contribution in [1.29, 1.82) is 0 Å². The fourth-order valence-corrected chi connectivity index (χ4v) is 1.90. The van der Waals surface area contributed by atoms with E-state index in [1.165, 1.54) is 6.33 Å². The lowest BCUT2D eigenvalue weighted by molar-refractivity contribution is 0.580. The molecule has 0 N–H and O–H groups in total. The van der Waals surface area contributed by atoms with Crippen LogP contribution in [-0.4, -0.2) is 14.5 Å². The molecule has 0 atom stereocenters. The van der Waals surface area contributed by atoms with E-state index >= 15 is 0 Å². The van der Waals surface area contributed by atoms with Crippen LogP contribution in [0, 0.1) is 0 Å². The van der Waals surface area contributed by atoms with Gasteiger partial charge in [-0.25, -0.2) is 9.97 Å². The summed E-state index contributed by atoms with van der Waals surface area (Å²) in [4.78, 5) is 8.42. The van der Waals surface area contributed by atoms with Gasteiger partial charge in [0.2, 0.25) is 0 Å². The monoisotopic (exact) mass is 233 g/mol. The quantitative estimate of drug-likeness (QED) is 0.649. The van der Waals surface area contributed by atoms with Gasteiger partial charge >= 0.3 is 0 Å². The van der Waals surface area contributed by atoms with Gasteiger partial charge in [-0.05, 0) is 18.2 Å². The number of hydrogen-bond acceptors (Lipinski definition) is 3. The minimum Gasteiger partial charge on any atom is -0.463 e. The first-order chi connectivity index (χ1) is 7.77. The first-order valence-electron chi connectivity index (χ1n) is 4.77. The molecule has 5 heteroatoms. The summed E-state index contributed by atoms with van der Waals surface area (Å²) < 4.78 is 7.14. The van der Waals surface area contributed by atoms with Crippen LogP contribution in [0.2, 0.25) is 5.15 Å². The van der Waals surface area contributed by atoms with Crippen LogP contribution >= 0.6 is 11.6 Å². The highest BCUT2D eigenvalue weighted by atomic mass is 35.5. The third kappa shape index (κ3) is 1.23. The summed E-state index contributed by atoms with van der Waals surface area (Å²) in [6.07, 6.45) is 3.13. The second-order valence-electron chi connectivity index (χ2n) is 3.46. The summed E-state index contributed by atoms with van der Waals surface area (Å²) in [7, 11) is 1.86. The number of fused-ring (bicyclic) bond motifs is 1. The lowest BCUT2D eigenvalue weighted by Gasteiger charge is -1.99. The van der Waals surface area contributed by atoms with Crippen molar-refractivity contribution in [2.24, 2.45) is 7.05 Å². The van der Waals surface area contributed by atoms with Crippen molar-refractivity contribution in [1.82, 2.24) is 14.5 Å². The first-order valence-corrected chi connectivity index (χ1v) is 5.15. The van der Waals surface area contributed by atoms with Crippen molar-refractivity contribution in [2.45, 2.75) is 0 Å². The van der Waals surface area contributed by atoms with E-state index in [0.717, 1.165) is 22.5 Å². The number of aryl methyl sites for hydroxylation is 1. The van der Waals surface area contributed by atoms with Crippen molar-refractivity contribution in [2.75, 3.05) is 0 Å². The molecule has 0 saturated carbocycles. The number of rotatable bonds is 1. The minimum absolute atomic E-state index is 0.628. The molecule has 80 valence electrons. The Morgan fingerprint density at radius 1 is 1.38 bits per heavy atom. The molecule has 4 nitrogen and oxygen atoms in total. The Bertz CT molecular complexity index is 643. The SMILES string of the molecule is Cn1c(Cl)cc2c(-c3ccco3)ncnc21. The lowest BCUT2D eigenvalue weighted by atomic mass is 10.2. The highest BCUT2D eigenvalue weighted by Crippen LogP contribution is 2.29. The Morgan fingerprint density at radius 3 is 3.00 bits per heavy atom. The molecule has 3 heterocycles. The molecule has 0 aliphatic rings. The molecular weight excluding hydrogens is 226 g/mol. The van der Waals surface area contributed by atoms with E-state index in [9.17, 15) is 0 Å². The number of aromatic nitrogens is 3. The molecule has 0 unspecified atom stereocenters. The summed E-state index contributed by atoms with van der Waals surface area (Å²) in [6.45, 7) is 0. The van der Waals surface area contributed by atoms with Crippen LogP contribution in [0.25, 0.3) is 22.5 Å². The normalized spacial score (nSPS) is 11.1. The maximum atomic E-state index is 6.05. The van der Waals surface area contributed by atoms with Crippen molar-refractivity contribution < 1.29 is 4.42 Å². The van der Waals surface area contributed by atoms with Gasteiger partial charge in [-0.2, -0.15) is 0 Å². The molecule has 0 spiro atoms. The predicted molar refractivity (Wildman–Crippen MR) is 61.2 cm³/mol. The Labute approximate surface area is 96.5 Å². The van der Waals surface area contributed by atoms with E-state index in [1.807, 2.05) is 29.8 Å². The molecule has 3 aromatic rings. The molecular formula is C11H8ClN3O. The Hall–Kier alpha value is -1.81. The van der Waals surface area contributed by atoms with E-state index in [0.29, 0.717) is 5.15 Å². The standard InChI is InChI=1S/C11H8ClN3O/c1-15-9(12)5-7-10(8-3-2-4-16-8)13-6-14-11(7)15/h2-6H,1H3. The van der Waals surface area contributed by atoms with E-state index in [1.54, 1.807) is 6.26 Å². The second-order valence-corrected chi connectivity index (χ2v) is 3.85. The molecule has 0 aliphatic carbocycles. The van der Waals surface area contributed by atoms with Gasteiger partial charge in [-0.3, -0.25) is 0 Å². The van der Waals surface area contributed by atoms with Crippen molar-refractivity contribution in [3.63, 3.8) is 0 Å². The van der Waals surface area contributed by atoms with Crippen LogP contribution in [0.1, 0.15) is 0 Å². The van der Waals surface area contributed by atoms with E-state index in [2.05, 4.69) is 9.97 Å². The summed E-state index contributed by atoms with van der Waals surface area (Å²) >= 11 is 6.05. The molecule has 0 amide bonds. The number of halogens is 1. The summed E-state index contributed by atoms with van der Waals surface area (Å²) in [5, 5.41) is 1.52. The van der Waals surface area contributed by atoms with Crippen LogP contribution in [0.4, 0.5) is 0 Å². The largest absolute Gasteiger partial charge is 0.463 e. The Balaban J connectivity index is 2.38. The zero-order valence-electron chi connectivity index (χ0n) is 8.51. The molecule has 0 aromatic carbocycles. The first kappa shape index (κ1) is 9.42. The van der Waals surface area contributed by atoms with Gasteiger partial charge in [-0.1, -0.05) is 11.6 Å². The van der Waals surface area contributed by atoms with Crippen LogP contribution in [0.3, 0.4) is 0 Å². The molecule has 3 rings (SSSR count). The summed E-state index contributed by atoms with van der Waals surface area (Å²) in [5.74, 6) is 0.717. The van der Waals surface area contributed by atoms with Gasteiger partial charge in [0.25, 0.3) is 0 Å².